The minimum atomic E-state index is -0.492. The van der Waals surface area contributed by atoms with Gasteiger partial charge in [-0.3, -0.25) is 4.79 Å². The first-order valence-corrected chi connectivity index (χ1v) is 6.27. The van der Waals surface area contributed by atoms with Gasteiger partial charge in [-0.15, -0.1) is 11.8 Å². The van der Waals surface area contributed by atoms with Crippen LogP contribution in [0.25, 0.3) is 0 Å². The third-order valence-corrected chi connectivity index (χ3v) is 4.03. The Bertz CT molecular complexity index is 402. The molecule has 4 nitrogen and oxygen atoms in total. The minimum absolute atomic E-state index is 0.350. The number of hydrogen-bond donors (Lipinski definition) is 2. The van der Waals surface area contributed by atoms with Crippen LogP contribution < -0.4 is 11.5 Å². The molecule has 0 aliphatic heterocycles. The molecule has 2 rings (SSSR count). The van der Waals surface area contributed by atoms with E-state index in [1.807, 2.05) is 0 Å². The summed E-state index contributed by atoms with van der Waals surface area (Å²) >= 11 is 1.72. The van der Waals surface area contributed by atoms with Crippen LogP contribution in [0.4, 0.5) is 5.69 Å². The lowest BCUT2D eigenvalue weighted by atomic mass is 10.2. The lowest BCUT2D eigenvalue weighted by Crippen LogP contribution is -2.14. The van der Waals surface area contributed by atoms with Crippen molar-refractivity contribution in [2.75, 3.05) is 5.73 Å². The van der Waals surface area contributed by atoms with Crippen molar-refractivity contribution in [2.24, 2.45) is 5.73 Å². The topological polar surface area (TPSA) is 82.0 Å². The van der Waals surface area contributed by atoms with Gasteiger partial charge < -0.3 is 11.5 Å². The number of hydrogen-bond acceptors (Lipinski definition) is 4. The summed E-state index contributed by atoms with van der Waals surface area (Å²) in [7, 11) is 0. The predicted octanol–water partition coefficient (Wildman–Crippen LogP) is 1.80. The molecule has 1 heterocycles. The van der Waals surface area contributed by atoms with Crippen LogP contribution in [0.15, 0.2) is 17.3 Å². The summed E-state index contributed by atoms with van der Waals surface area (Å²) in [4.78, 5) is 15.3. The number of rotatable bonds is 3. The fraction of sp³-hybridized carbons (Fsp3) is 0.455. The Morgan fingerprint density at radius 3 is 2.75 bits per heavy atom. The van der Waals surface area contributed by atoms with E-state index in [-0.39, 0.29) is 0 Å². The van der Waals surface area contributed by atoms with Gasteiger partial charge in [-0.2, -0.15) is 0 Å². The van der Waals surface area contributed by atoms with E-state index >= 15 is 0 Å². The van der Waals surface area contributed by atoms with Crippen LogP contribution in [-0.2, 0) is 0 Å². The first-order chi connectivity index (χ1) is 7.66. The zero-order valence-electron chi connectivity index (χ0n) is 8.98. The molecular formula is C11H15N3OS. The molecule has 1 amide bonds. The molecule has 0 radical (unpaired) electrons. The highest BCUT2D eigenvalue weighted by Crippen LogP contribution is 2.34. The average Bonchev–Trinajstić information content (AvgIpc) is 2.73. The molecule has 0 saturated heterocycles. The Morgan fingerprint density at radius 2 is 2.12 bits per heavy atom. The van der Waals surface area contributed by atoms with E-state index in [4.69, 9.17) is 11.5 Å². The standard InChI is InChI=1S/C11H15N3OS/c12-9-6-14-10(5-8(9)11(13)15)16-7-3-1-2-4-7/h5-7H,1-4,12H2,(H2,13,15). The quantitative estimate of drug-likeness (QED) is 0.839. The molecule has 0 aromatic carbocycles. The van der Waals surface area contributed by atoms with Crippen LogP contribution in [0, 0.1) is 0 Å². The van der Waals surface area contributed by atoms with Crippen molar-refractivity contribution in [3.63, 3.8) is 0 Å². The highest BCUT2D eigenvalue weighted by molar-refractivity contribution is 7.99. The smallest absolute Gasteiger partial charge is 0.250 e. The molecule has 1 aromatic rings. The van der Waals surface area contributed by atoms with Crippen molar-refractivity contribution < 1.29 is 4.79 Å². The highest BCUT2D eigenvalue weighted by Gasteiger charge is 2.17. The average molecular weight is 237 g/mol. The summed E-state index contributed by atoms with van der Waals surface area (Å²) in [6, 6.07) is 1.70. The van der Waals surface area contributed by atoms with E-state index in [1.54, 1.807) is 17.8 Å². The van der Waals surface area contributed by atoms with Crippen LogP contribution in [0.2, 0.25) is 0 Å². The van der Waals surface area contributed by atoms with E-state index in [9.17, 15) is 4.79 Å². The summed E-state index contributed by atoms with van der Waals surface area (Å²) in [6.45, 7) is 0. The molecule has 5 heteroatoms. The number of aromatic nitrogens is 1. The first-order valence-electron chi connectivity index (χ1n) is 5.39. The molecule has 0 unspecified atom stereocenters. The zero-order valence-corrected chi connectivity index (χ0v) is 9.80. The number of amides is 1. The van der Waals surface area contributed by atoms with Crippen LogP contribution >= 0.6 is 11.8 Å². The van der Waals surface area contributed by atoms with E-state index in [1.165, 1.54) is 31.9 Å². The molecule has 16 heavy (non-hydrogen) atoms. The van der Waals surface area contributed by atoms with Gasteiger partial charge in [-0.25, -0.2) is 4.98 Å². The van der Waals surface area contributed by atoms with Crippen LogP contribution in [0.1, 0.15) is 36.0 Å². The molecule has 4 N–H and O–H groups in total. The number of nitrogens with two attached hydrogens (primary N) is 2. The second-order valence-corrected chi connectivity index (χ2v) is 5.32. The van der Waals surface area contributed by atoms with Crippen molar-refractivity contribution >= 4 is 23.4 Å². The monoisotopic (exact) mass is 237 g/mol. The summed E-state index contributed by atoms with van der Waals surface area (Å²) in [5.74, 6) is -0.492. The number of thioether (sulfide) groups is 1. The molecule has 0 bridgehead atoms. The fourth-order valence-corrected chi connectivity index (χ4v) is 3.11. The number of carbonyl (C=O) groups excluding carboxylic acids is 1. The molecule has 1 saturated carbocycles. The lowest BCUT2D eigenvalue weighted by molar-refractivity contribution is 0.100. The van der Waals surface area contributed by atoms with E-state index in [0.717, 1.165) is 5.03 Å². The normalized spacial score (nSPS) is 16.5. The highest BCUT2D eigenvalue weighted by atomic mass is 32.2. The number of nitrogen functional groups attached to an aromatic ring is 1. The predicted molar refractivity (Wildman–Crippen MR) is 65.3 cm³/mol. The van der Waals surface area contributed by atoms with Gasteiger partial charge in [0.05, 0.1) is 22.5 Å². The molecular weight excluding hydrogens is 222 g/mol. The van der Waals surface area contributed by atoms with Gasteiger partial charge in [-0.05, 0) is 18.9 Å². The van der Waals surface area contributed by atoms with Gasteiger partial charge in [0.15, 0.2) is 0 Å². The number of carbonyl (C=O) groups is 1. The van der Waals surface area contributed by atoms with Crippen molar-refractivity contribution in [3.05, 3.63) is 17.8 Å². The number of pyridine rings is 1. The van der Waals surface area contributed by atoms with Crippen molar-refractivity contribution in [3.8, 4) is 0 Å². The Labute approximate surface area is 98.8 Å². The molecule has 1 aliphatic rings. The SMILES string of the molecule is NC(=O)c1cc(SC2CCCC2)ncc1N. The minimum Gasteiger partial charge on any atom is -0.397 e. The summed E-state index contributed by atoms with van der Waals surface area (Å²) < 4.78 is 0. The lowest BCUT2D eigenvalue weighted by Gasteiger charge is -2.09. The maximum atomic E-state index is 11.1. The Hall–Kier alpha value is -1.23. The van der Waals surface area contributed by atoms with E-state index in [2.05, 4.69) is 4.98 Å². The third-order valence-electron chi connectivity index (χ3n) is 2.76. The van der Waals surface area contributed by atoms with Crippen molar-refractivity contribution in [1.29, 1.82) is 0 Å². The molecule has 1 aromatic heterocycles. The van der Waals surface area contributed by atoms with Crippen LogP contribution in [-0.4, -0.2) is 16.1 Å². The Morgan fingerprint density at radius 1 is 1.44 bits per heavy atom. The first kappa shape index (κ1) is 11.3. The van der Waals surface area contributed by atoms with Gasteiger partial charge >= 0.3 is 0 Å². The third kappa shape index (κ3) is 2.47. The molecule has 0 spiro atoms. The Balaban J connectivity index is 2.15. The zero-order chi connectivity index (χ0) is 11.5. The van der Waals surface area contributed by atoms with Gasteiger partial charge in [0, 0.05) is 5.25 Å². The van der Waals surface area contributed by atoms with E-state index in [0.29, 0.717) is 16.5 Å². The summed E-state index contributed by atoms with van der Waals surface area (Å²) in [5, 5.41) is 1.46. The number of nitrogens with zero attached hydrogens (tertiary/aromatic N) is 1. The Kier molecular flexibility index (Phi) is 3.33. The maximum absolute atomic E-state index is 11.1. The fourth-order valence-electron chi connectivity index (χ4n) is 1.90. The second kappa shape index (κ2) is 4.74. The van der Waals surface area contributed by atoms with Gasteiger partial charge in [0.25, 0.3) is 5.91 Å². The van der Waals surface area contributed by atoms with Crippen molar-refractivity contribution in [2.45, 2.75) is 36.0 Å². The van der Waals surface area contributed by atoms with Crippen molar-refractivity contribution in [1.82, 2.24) is 4.98 Å². The van der Waals surface area contributed by atoms with Gasteiger partial charge in [-0.1, -0.05) is 12.8 Å². The summed E-state index contributed by atoms with van der Waals surface area (Å²) in [6.07, 6.45) is 6.53. The molecule has 1 aliphatic carbocycles. The molecule has 86 valence electrons. The number of primary amides is 1. The maximum Gasteiger partial charge on any atom is 0.250 e. The van der Waals surface area contributed by atoms with Crippen LogP contribution in [0.5, 0.6) is 0 Å². The second-order valence-electron chi connectivity index (χ2n) is 4.00. The molecule has 1 fully saturated rings. The summed E-state index contributed by atoms with van der Waals surface area (Å²) in [5.41, 5.74) is 11.6. The molecule has 0 atom stereocenters. The number of anilines is 1. The van der Waals surface area contributed by atoms with E-state index < -0.39 is 5.91 Å². The van der Waals surface area contributed by atoms with Crippen LogP contribution in [0.3, 0.4) is 0 Å². The van der Waals surface area contributed by atoms with Gasteiger partial charge in [0.1, 0.15) is 0 Å². The van der Waals surface area contributed by atoms with Gasteiger partial charge in [0.2, 0.25) is 0 Å². The largest absolute Gasteiger partial charge is 0.397 e.